The van der Waals surface area contributed by atoms with Crippen molar-refractivity contribution < 1.29 is 9.32 Å². The average Bonchev–Trinajstić information content (AvgIpc) is 2.95. The predicted molar refractivity (Wildman–Crippen MR) is 66.6 cm³/mol. The highest BCUT2D eigenvalue weighted by Crippen LogP contribution is 2.29. The van der Waals surface area contributed by atoms with Crippen LogP contribution in [0, 0.1) is 0 Å². The molecular weight excluding hydrogens is 252 g/mol. The summed E-state index contributed by atoms with van der Waals surface area (Å²) in [5.41, 5.74) is 7.21. The van der Waals surface area contributed by atoms with Gasteiger partial charge in [-0.05, 0) is 19.3 Å². The number of carbonyl (C=O) groups is 1. The predicted octanol–water partition coefficient (Wildman–Crippen LogP) is 1.20. The van der Waals surface area contributed by atoms with Crippen LogP contribution in [-0.2, 0) is 12.8 Å². The lowest BCUT2D eigenvalue weighted by Gasteiger charge is -2.15. The number of hydrogen-bond acceptors (Lipinski definition) is 6. The van der Waals surface area contributed by atoms with Crippen LogP contribution in [0.1, 0.15) is 27.5 Å². The Kier molecular flexibility index (Phi) is 2.85. The van der Waals surface area contributed by atoms with E-state index in [1.54, 1.807) is 0 Å². The van der Waals surface area contributed by atoms with Crippen molar-refractivity contribution in [1.29, 1.82) is 0 Å². The molecule has 7 heteroatoms. The summed E-state index contributed by atoms with van der Waals surface area (Å²) in [4.78, 5) is 17.3. The van der Waals surface area contributed by atoms with Crippen molar-refractivity contribution in [2.75, 3.05) is 5.32 Å². The Morgan fingerprint density at radius 3 is 3.28 bits per heavy atom. The van der Waals surface area contributed by atoms with Gasteiger partial charge in [0.1, 0.15) is 6.26 Å². The van der Waals surface area contributed by atoms with Crippen LogP contribution in [0.15, 0.2) is 16.9 Å². The SMILES string of the molecule is N[C@H]1CCc2nc(NC(=O)c3ccon3)sc2C1. The summed E-state index contributed by atoms with van der Waals surface area (Å²) in [6.07, 6.45) is 4.04. The molecule has 3 N–H and O–H groups in total. The summed E-state index contributed by atoms with van der Waals surface area (Å²) in [7, 11) is 0. The van der Waals surface area contributed by atoms with Gasteiger partial charge in [-0.1, -0.05) is 5.16 Å². The van der Waals surface area contributed by atoms with Gasteiger partial charge in [-0.25, -0.2) is 4.98 Å². The topological polar surface area (TPSA) is 94.0 Å². The van der Waals surface area contributed by atoms with Crippen LogP contribution < -0.4 is 11.1 Å². The number of fused-ring (bicyclic) bond motifs is 1. The van der Waals surface area contributed by atoms with Crippen molar-refractivity contribution in [1.82, 2.24) is 10.1 Å². The Labute approximate surface area is 107 Å². The quantitative estimate of drug-likeness (QED) is 0.850. The highest BCUT2D eigenvalue weighted by atomic mass is 32.1. The molecule has 1 atom stereocenters. The normalized spacial score (nSPS) is 18.4. The third kappa shape index (κ3) is 2.14. The molecule has 0 aromatic carbocycles. The number of aryl methyl sites for hydroxylation is 1. The monoisotopic (exact) mass is 264 g/mol. The number of nitrogens with one attached hydrogen (secondary N) is 1. The lowest BCUT2D eigenvalue weighted by atomic mass is 9.99. The van der Waals surface area contributed by atoms with Crippen LogP contribution in [0.2, 0.25) is 0 Å². The van der Waals surface area contributed by atoms with E-state index < -0.39 is 0 Å². The van der Waals surface area contributed by atoms with Crippen LogP contribution in [0.5, 0.6) is 0 Å². The van der Waals surface area contributed by atoms with E-state index in [0.717, 1.165) is 25.0 Å². The van der Waals surface area contributed by atoms with Gasteiger partial charge in [0, 0.05) is 17.0 Å². The van der Waals surface area contributed by atoms with Crippen molar-refractivity contribution in [3.63, 3.8) is 0 Å². The number of aromatic nitrogens is 2. The Bertz CT molecular complexity index is 564. The van der Waals surface area contributed by atoms with Gasteiger partial charge >= 0.3 is 0 Å². The Hall–Kier alpha value is -1.73. The minimum atomic E-state index is -0.306. The smallest absolute Gasteiger partial charge is 0.279 e. The van der Waals surface area contributed by atoms with Gasteiger partial charge in [-0.2, -0.15) is 0 Å². The van der Waals surface area contributed by atoms with E-state index in [9.17, 15) is 4.79 Å². The first-order chi connectivity index (χ1) is 8.72. The second kappa shape index (κ2) is 4.51. The zero-order valence-corrected chi connectivity index (χ0v) is 10.4. The molecule has 94 valence electrons. The molecule has 0 radical (unpaired) electrons. The summed E-state index contributed by atoms with van der Waals surface area (Å²) in [5, 5.41) is 6.90. The van der Waals surface area contributed by atoms with Gasteiger partial charge in [0.25, 0.3) is 5.91 Å². The number of nitrogens with zero attached hydrogens (tertiary/aromatic N) is 2. The number of amides is 1. The molecule has 6 nitrogen and oxygen atoms in total. The summed E-state index contributed by atoms with van der Waals surface area (Å²) in [5.74, 6) is -0.306. The molecule has 0 aliphatic heterocycles. The Balaban J connectivity index is 1.76. The van der Waals surface area contributed by atoms with Crippen molar-refractivity contribution in [2.24, 2.45) is 5.73 Å². The first-order valence-electron chi connectivity index (χ1n) is 5.68. The van der Waals surface area contributed by atoms with E-state index in [-0.39, 0.29) is 17.6 Å². The molecule has 0 bridgehead atoms. The fourth-order valence-electron chi connectivity index (χ4n) is 1.94. The first-order valence-corrected chi connectivity index (χ1v) is 6.50. The number of hydrogen-bond donors (Lipinski definition) is 2. The molecule has 0 fully saturated rings. The fourth-order valence-corrected chi connectivity index (χ4v) is 3.04. The zero-order valence-electron chi connectivity index (χ0n) is 9.55. The van der Waals surface area contributed by atoms with E-state index >= 15 is 0 Å². The standard InChI is InChI=1S/C11H12N4O2S/c12-6-1-2-7-9(5-6)18-11(13-7)14-10(16)8-3-4-17-15-8/h3-4,6H,1-2,5,12H2,(H,13,14,16)/t6-/m0/s1. The first kappa shape index (κ1) is 11.4. The molecule has 0 saturated carbocycles. The van der Waals surface area contributed by atoms with Gasteiger partial charge in [0.15, 0.2) is 10.8 Å². The fraction of sp³-hybridized carbons (Fsp3) is 0.364. The van der Waals surface area contributed by atoms with E-state index in [0.29, 0.717) is 5.13 Å². The molecule has 2 aromatic heterocycles. The third-order valence-corrected chi connectivity index (χ3v) is 3.90. The number of anilines is 1. The maximum absolute atomic E-state index is 11.8. The van der Waals surface area contributed by atoms with E-state index in [4.69, 9.17) is 5.73 Å². The van der Waals surface area contributed by atoms with E-state index in [1.807, 2.05) is 0 Å². The molecule has 18 heavy (non-hydrogen) atoms. The third-order valence-electron chi connectivity index (χ3n) is 2.87. The van der Waals surface area contributed by atoms with Crippen LogP contribution >= 0.6 is 11.3 Å². The van der Waals surface area contributed by atoms with Gasteiger partial charge in [-0.15, -0.1) is 11.3 Å². The minimum absolute atomic E-state index is 0.206. The zero-order chi connectivity index (χ0) is 12.5. The van der Waals surface area contributed by atoms with Crippen LogP contribution in [0.25, 0.3) is 0 Å². The molecule has 1 aliphatic rings. The molecule has 0 unspecified atom stereocenters. The van der Waals surface area contributed by atoms with Crippen molar-refractivity contribution in [3.05, 3.63) is 28.6 Å². The lowest BCUT2D eigenvalue weighted by molar-refractivity contribution is 0.101. The number of carbonyl (C=O) groups excluding carboxylic acids is 1. The van der Waals surface area contributed by atoms with Gasteiger partial charge in [-0.3, -0.25) is 10.1 Å². The van der Waals surface area contributed by atoms with Crippen molar-refractivity contribution in [2.45, 2.75) is 25.3 Å². The van der Waals surface area contributed by atoms with Crippen LogP contribution in [-0.4, -0.2) is 22.1 Å². The number of thiazole rings is 1. The highest BCUT2D eigenvalue weighted by Gasteiger charge is 2.21. The molecule has 2 aromatic rings. The molecule has 0 spiro atoms. The number of rotatable bonds is 2. The second-order valence-electron chi connectivity index (χ2n) is 4.23. The minimum Gasteiger partial charge on any atom is -0.364 e. The Morgan fingerprint density at radius 1 is 1.61 bits per heavy atom. The van der Waals surface area contributed by atoms with Crippen molar-refractivity contribution >= 4 is 22.4 Å². The molecule has 1 amide bonds. The molecule has 2 heterocycles. The summed E-state index contributed by atoms with van der Waals surface area (Å²) < 4.78 is 4.62. The summed E-state index contributed by atoms with van der Waals surface area (Å²) in [6.45, 7) is 0. The average molecular weight is 264 g/mol. The highest BCUT2D eigenvalue weighted by molar-refractivity contribution is 7.15. The maximum atomic E-state index is 11.8. The van der Waals surface area contributed by atoms with E-state index in [1.165, 1.54) is 28.5 Å². The summed E-state index contributed by atoms with van der Waals surface area (Å²) >= 11 is 1.48. The molecular formula is C11H12N4O2S. The van der Waals surface area contributed by atoms with Gasteiger partial charge in [0.2, 0.25) is 0 Å². The summed E-state index contributed by atoms with van der Waals surface area (Å²) in [6, 6.07) is 1.72. The largest absolute Gasteiger partial charge is 0.364 e. The number of nitrogens with two attached hydrogens (primary N) is 1. The second-order valence-corrected chi connectivity index (χ2v) is 5.31. The van der Waals surface area contributed by atoms with Crippen molar-refractivity contribution in [3.8, 4) is 0 Å². The molecule has 3 rings (SSSR count). The maximum Gasteiger partial charge on any atom is 0.279 e. The Morgan fingerprint density at radius 2 is 2.50 bits per heavy atom. The molecule has 1 aliphatic carbocycles. The lowest BCUT2D eigenvalue weighted by Crippen LogP contribution is -2.27. The van der Waals surface area contributed by atoms with Crippen LogP contribution in [0.3, 0.4) is 0 Å². The van der Waals surface area contributed by atoms with Gasteiger partial charge < -0.3 is 10.3 Å². The van der Waals surface area contributed by atoms with Gasteiger partial charge in [0.05, 0.1) is 5.69 Å². The van der Waals surface area contributed by atoms with Crippen LogP contribution in [0.4, 0.5) is 5.13 Å². The molecule has 0 saturated heterocycles. The van der Waals surface area contributed by atoms with E-state index in [2.05, 4.69) is 20.0 Å².